The lowest BCUT2D eigenvalue weighted by molar-refractivity contribution is 0.0940. The Morgan fingerprint density at radius 1 is 1.39 bits per heavy atom. The summed E-state index contributed by atoms with van der Waals surface area (Å²) < 4.78 is 7.22. The van der Waals surface area contributed by atoms with Crippen molar-refractivity contribution in [1.82, 2.24) is 5.32 Å². The summed E-state index contributed by atoms with van der Waals surface area (Å²) in [6, 6.07) is 1.82. The fourth-order valence-corrected chi connectivity index (χ4v) is 4.11. The molecule has 3 nitrogen and oxygen atoms in total. The number of thiophene rings is 1. The molecule has 6 heteroatoms. The van der Waals surface area contributed by atoms with Crippen LogP contribution >= 0.6 is 43.2 Å². The monoisotopic (exact) mass is 397 g/mol. The number of carbonyl (C=O) groups is 1. The molecule has 1 amide bonds. The first-order valence-electron chi connectivity index (χ1n) is 5.96. The van der Waals surface area contributed by atoms with E-state index in [1.165, 1.54) is 11.3 Å². The van der Waals surface area contributed by atoms with Gasteiger partial charge < -0.3 is 10.1 Å². The molecule has 0 aromatic carbocycles. The van der Waals surface area contributed by atoms with Gasteiger partial charge >= 0.3 is 0 Å². The molecule has 18 heavy (non-hydrogen) atoms. The Hall–Kier alpha value is 0.0900. The van der Waals surface area contributed by atoms with Gasteiger partial charge in [-0.2, -0.15) is 0 Å². The summed E-state index contributed by atoms with van der Waals surface area (Å²) in [6.07, 6.45) is 3.10. The van der Waals surface area contributed by atoms with Gasteiger partial charge in [-0.15, -0.1) is 11.3 Å². The van der Waals surface area contributed by atoms with E-state index in [9.17, 15) is 4.79 Å². The normalized spacial score (nSPS) is 10.6. The van der Waals surface area contributed by atoms with E-state index in [2.05, 4.69) is 44.1 Å². The van der Waals surface area contributed by atoms with E-state index in [4.69, 9.17) is 4.74 Å². The average Bonchev–Trinajstić information content (AvgIpc) is 2.67. The fraction of sp³-hybridized carbons (Fsp3) is 0.583. The van der Waals surface area contributed by atoms with Crippen LogP contribution in [0, 0.1) is 0 Å². The molecule has 0 unspecified atom stereocenters. The van der Waals surface area contributed by atoms with Crippen LogP contribution in [0.3, 0.4) is 0 Å². The first kappa shape index (κ1) is 16.1. The standard InChI is InChI=1S/C12H17Br2NO2S/c1-2-3-6-17-7-4-5-15-12(16)9-8-10(13)18-11(9)14/h8H,2-7H2,1H3,(H,15,16). The number of rotatable bonds is 8. The molecule has 0 radical (unpaired) electrons. The number of carbonyl (C=O) groups excluding carboxylic acids is 1. The van der Waals surface area contributed by atoms with Gasteiger partial charge in [-0.1, -0.05) is 13.3 Å². The van der Waals surface area contributed by atoms with E-state index in [0.717, 1.165) is 33.4 Å². The van der Waals surface area contributed by atoms with Crippen molar-refractivity contribution in [3.8, 4) is 0 Å². The molecule has 1 rings (SSSR count). The van der Waals surface area contributed by atoms with Crippen molar-refractivity contribution in [3.63, 3.8) is 0 Å². The molecule has 1 aromatic rings. The summed E-state index contributed by atoms with van der Waals surface area (Å²) in [6.45, 7) is 4.30. The average molecular weight is 399 g/mol. The SMILES string of the molecule is CCCCOCCCNC(=O)c1cc(Br)sc1Br. The predicted molar refractivity (Wildman–Crippen MR) is 82.4 cm³/mol. The van der Waals surface area contributed by atoms with Crippen LogP contribution in [0.2, 0.25) is 0 Å². The van der Waals surface area contributed by atoms with Crippen LogP contribution in [-0.4, -0.2) is 25.7 Å². The Bertz CT molecular complexity index is 382. The van der Waals surface area contributed by atoms with Crippen LogP contribution in [0.15, 0.2) is 13.6 Å². The maximum Gasteiger partial charge on any atom is 0.253 e. The van der Waals surface area contributed by atoms with Crippen molar-refractivity contribution in [1.29, 1.82) is 0 Å². The minimum absolute atomic E-state index is 0.0441. The molecule has 102 valence electrons. The van der Waals surface area contributed by atoms with Crippen molar-refractivity contribution in [3.05, 3.63) is 19.2 Å². The lowest BCUT2D eigenvalue weighted by Gasteiger charge is -2.05. The molecule has 0 aliphatic carbocycles. The lowest BCUT2D eigenvalue weighted by Crippen LogP contribution is -2.25. The summed E-state index contributed by atoms with van der Waals surface area (Å²) in [4.78, 5) is 11.8. The van der Waals surface area contributed by atoms with Gasteiger partial charge in [0, 0.05) is 19.8 Å². The number of amides is 1. The van der Waals surface area contributed by atoms with Gasteiger partial charge in [-0.05, 0) is 50.8 Å². The molecule has 0 spiro atoms. The maximum absolute atomic E-state index is 11.8. The zero-order chi connectivity index (χ0) is 13.4. The van der Waals surface area contributed by atoms with Gasteiger partial charge in [0.15, 0.2) is 0 Å². The Morgan fingerprint density at radius 3 is 2.72 bits per heavy atom. The Labute approximate surface area is 129 Å². The third-order valence-electron chi connectivity index (χ3n) is 2.29. The molecule has 0 saturated carbocycles. The minimum Gasteiger partial charge on any atom is -0.381 e. The Kier molecular flexibility index (Phi) is 8.13. The molecule has 0 atom stereocenters. The quantitative estimate of drug-likeness (QED) is 0.666. The highest BCUT2D eigenvalue weighted by Gasteiger charge is 2.12. The third-order valence-corrected chi connectivity index (χ3v) is 4.63. The highest BCUT2D eigenvalue weighted by molar-refractivity contribution is 9.12. The number of nitrogens with one attached hydrogen (secondary N) is 1. The summed E-state index contributed by atoms with van der Waals surface area (Å²) in [5, 5.41) is 2.88. The van der Waals surface area contributed by atoms with Gasteiger partial charge in [0.1, 0.15) is 0 Å². The topological polar surface area (TPSA) is 38.3 Å². The number of halogens is 2. The molecule has 0 bridgehead atoms. The summed E-state index contributed by atoms with van der Waals surface area (Å²) >= 11 is 8.23. The van der Waals surface area contributed by atoms with E-state index >= 15 is 0 Å². The number of hydrogen-bond donors (Lipinski definition) is 1. The first-order chi connectivity index (χ1) is 8.65. The highest BCUT2D eigenvalue weighted by atomic mass is 79.9. The van der Waals surface area contributed by atoms with Crippen LogP contribution in [-0.2, 0) is 4.74 Å². The van der Waals surface area contributed by atoms with Crippen molar-refractivity contribution >= 4 is 49.1 Å². The largest absolute Gasteiger partial charge is 0.381 e. The maximum atomic E-state index is 11.8. The second-order valence-corrected chi connectivity index (χ2v) is 7.56. The van der Waals surface area contributed by atoms with Gasteiger partial charge in [0.25, 0.3) is 5.91 Å². The molecular weight excluding hydrogens is 382 g/mol. The zero-order valence-corrected chi connectivity index (χ0v) is 14.3. The van der Waals surface area contributed by atoms with Crippen molar-refractivity contribution in [2.24, 2.45) is 0 Å². The van der Waals surface area contributed by atoms with E-state index in [1.807, 2.05) is 6.07 Å². The van der Waals surface area contributed by atoms with Crippen molar-refractivity contribution in [2.75, 3.05) is 19.8 Å². The molecule has 1 heterocycles. The van der Waals surface area contributed by atoms with Gasteiger partial charge in [-0.3, -0.25) is 4.79 Å². The molecule has 1 aromatic heterocycles. The molecule has 0 aliphatic rings. The van der Waals surface area contributed by atoms with Crippen molar-refractivity contribution in [2.45, 2.75) is 26.2 Å². The Morgan fingerprint density at radius 2 is 2.11 bits per heavy atom. The lowest BCUT2D eigenvalue weighted by atomic mass is 10.3. The zero-order valence-electron chi connectivity index (χ0n) is 10.3. The smallest absolute Gasteiger partial charge is 0.253 e. The van der Waals surface area contributed by atoms with Crippen molar-refractivity contribution < 1.29 is 9.53 Å². The molecule has 0 aliphatic heterocycles. The van der Waals surface area contributed by atoms with E-state index < -0.39 is 0 Å². The van der Waals surface area contributed by atoms with E-state index in [1.54, 1.807) is 0 Å². The van der Waals surface area contributed by atoms with Crippen LogP contribution in [0.4, 0.5) is 0 Å². The molecule has 1 N–H and O–H groups in total. The van der Waals surface area contributed by atoms with Crippen LogP contribution in [0.1, 0.15) is 36.5 Å². The van der Waals surface area contributed by atoms with Gasteiger partial charge in [0.2, 0.25) is 0 Å². The van der Waals surface area contributed by atoms with Crippen LogP contribution < -0.4 is 5.32 Å². The minimum atomic E-state index is -0.0441. The molecule has 0 saturated heterocycles. The first-order valence-corrected chi connectivity index (χ1v) is 8.36. The molecule has 0 fully saturated rings. The highest BCUT2D eigenvalue weighted by Crippen LogP contribution is 2.31. The van der Waals surface area contributed by atoms with Gasteiger partial charge in [0.05, 0.1) is 13.1 Å². The molecular formula is C12H17Br2NO2S. The Balaban J connectivity index is 2.16. The summed E-state index contributed by atoms with van der Waals surface area (Å²) in [5.74, 6) is -0.0441. The van der Waals surface area contributed by atoms with E-state index in [-0.39, 0.29) is 5.91 Å². The number of unbranched alkanes of at least 4 members (excludes halogenated alkanes) is 1. The summed E-state index contributed by atoms with van der Waals surface area (Å²) in [7, 11) is 0. The van der Waals surface area contributed by atoms with E-state index in [0.29, 0.717) is 18.7 Å². The number of hydrogen-bond acceptors (Lipinski definition) is 3. The second kappa shape index (κ2) is 9.07. The van der Waals surface area contributed by atoms with Crippen LogP contribution in [0.25, 0.3) is 0 Å². The third kappa shape index (κ3) is 5.82. The summed E-state index contributed by atoms with van der Waals surface area (Å²) in [5.41, 5.74) is 0.679. The van der Waals surface area contributed by atoms with Gasteiger partial charge in [-0.25, -0.2) is 0 Å². The fourth-order valence-electron chi connectivity index (χ4n) is 1.31. The predicted octanol–water partition coefficient (Wildman–Crippen LogP) is 4.21. The second-order valence-electron chi connectivity index (χ2n) is 3.81. The number of ether oxygens (including phenoxy) is 1. The van der Waals surface area contributed by atoms with Crippen LogP contribution in [0.5, 0.6) is 0 Å².